The summed E-state index contributed by atoms with van der Waals surface area (Å²) >= 11 is 0. The first-order chi connectivity index (χ1) is 11.1. The van der Waals surface area contributed by atoms with Crippen LogP contribution >= 0.6 is 0 Å². The Morgan fingerprint density at radius 3 is 3.00 bits per heavy atom. The summed E-state index contributed by atoms with van der Waals surface area (Å²) in [5, 5.41) is 4.10. The van der Waals surface area contributed by atoms with Crippen molar-refractivity contribution in [1.29, 1.82) is 0 Å². The molecule has 0 spiro atoms. The fourth-order valence-electron chi connectivity index (χ4n) is 2.82. The second-order valence-corrected chi connectivity index (χ2v) is 5.54. The third-order valence-corrected chi connectivity index (χ3v) is 3.97. The number of amides is 1. The van der Waals surface area contributed by atoms with E-state index in [9.17, 15) is 4.79 Å². The van der Waals surface area contributed by atoms with Gasteiger partial charge in [-0.2, -0.15) is 5.10 Å². The first-order valence-electron chi connectivity index (χ1n) is 7.34. The van der Waals surface area contributed by atoms with Crippen LogP contribution in [0.2, 0.25) is 0 Å². The first kappa shape index (κ1) is 13.7. The van der Waals surface area contributed by atoms with Gasteiger partial charge < -0.3 is 9.32 Å². The molecule has 7 nitrogen and oxygen atoms in total. The molecule has 0 saturated carbocycles. The summed E-state index contributed by atoms with van der Waals surface area (Å²) < 4.78 is 7.33. The van der Waals surface area contributed by atoms with Gasteiger partial charge in [0, 0.05) is 32.2 Å². The van der Waals surface area contributed by atoms with Crippen LogP contribution in [0, 0.1) is 6.92 Å². The van der Waals surface area contributed by atoms with Gasteiger partial charge in [0.1, 0.15) is 5.76 Å². The van der Waals surface area contributed by atoms with Crippen molar-refractivity contribution in [2.45, 2.75) is 13.3 Å². The molecule has 4 rings (SSSR count). The van der Waals surface area contributed by atoms with E-state index in [1.807, 2.05) is 13.1 Å². The third kappa shape index (κ3) is 2.21. The molecule has 4 heterocycles. The molecular formula is C16H15N5O2. The highest BCUT2D eigenvalue weighted by Gasteiger charge is 2.29. The molecule has 3 aromatic rings. The van der Waals surface area contributed by atoms with Crippen molar-refractivity contribution in [3.8, 4) is 11.5 Å². The summed E-state index contributed by atoms with van der Waals surface area (Å²) in [6, 6.07) is 1.86. The Labute approximate surface area is 132 Å². The molecule has 116 valence electrons. The van der Waals surface area contributed by atoms with Gasteiger partial charge in [-0.1, -0.05) is 0 Å². The van der Waals surface area contributed by atoms with Crippen LogP contribution in [-0.2, 0) is 13.5 Å². The van der Waals surface area contributed by atoms with Crippen molar-refractivity contribution in [2.75, 3.05) is 11.4 Å². The minimum Gasteiger partial charge on any atom is -0.440 e. The van der Waals surface area contributed by atoms with E-state index in [1.54, 1.807) is 41.3 Å². The van der Waals surface area contributed by atoms with Gasteiger partial charge >= 0.3 is 0 Å². The number of oxazole rings is 1. The lowest BCUT2D eigenvalue weighted by molar-refractivity contribution is 0.0984. The number of anilines is 1. The minimum atomic E-state index is -0.147. The predicted octanol–water partition coefficient (Wildman–Crippen LogP) is 1.98. The van der Waals surface area contributed by atoms with Crippen molar-refractivity contribution in [3.63, 3.8) is 0 Å². The van der Waals surface area contributed by atoms with Gasteiger partial charge in [-0.3, -0.25) is 14.5 Å². The normalized spacial score (nSPS) is 13.4. The zero-order valence-electron chi connectivity index (χ0n) is 12.9. The smallest absolute Gasteiger partial charge is 0.280 e. The van der Waals surface area contributed by atoms with Gasteiger partial charge in [0.05, 0.1) is 17.4 Å². The highest BCUT2D eigenvalue weighted by atomic mass is 16.4. The lowest BCUT2D eigenvalue weighted by Crippen LogP contribution is -2.29. The molecule has 23 heavy (non-hydrogen) atoms. The minimum absolute atomic E-state index is 0.147. The van der Waals surface area contributed by atoms with Crippen LogP contribution in [0.4, 0.5) is 5.69 Å². The number of aromatic nitrogens is 4. The Morgan fingerprint density at radius 1 is 1.35 bits per heavy atom. The number of carbonyl (C=O) groups excluding carboxylic acids is 1. The molecular weight excluding hydrogens is 294 g/mol. The summed E-state index contributed by atoms with van der Waals surface area (Å²) in [4.78, 5) is 23.1. The molecule has 0 atom stereocenters. The average Bonchev–Trinajstić information content (AvgIpc) is 3.24. The predicted molar refractivity (Wildman–Crippen MR) is 83.1 cm³/mol. The van der Waals surface area contributed by atoms with Gasteiger partial charge in [0.2, 0.25) is 5.89 Å². The average molecular weight is 309 g/mol. The van der Waals surface area contributed by atoms with Gasteiger partial charge in [-0.15, -0.1) is 0 Å². The second kappa shape index (κ2) is 5.05. The molecule has 1 aliphatic rings. The fraction of sp³-hybridized carbons (Fsp3) is 0.250. The van der Waals surface area contributed by atoms with E-state index in [2.05, 4.69) is 15.1 Å². The first-order valence-corrected chi connectivity index (χ1v) is 7.34. The number of carbonyl (C=O) groups is 1. The van der Waals surface area contributed by atoms with E-state index in [-0.39, 0.29) is 5.91 Å². The van der Waals surface area contributed by atoms with E-state index in [0.29, 0.717) is 23.9 Å². The van der Waals surface area contributed by atoms with E-state index >= 15 is 0 Å². The number of pyridine rings is 1. The Bertz CT molecular complexity index is 896. The van der Waals surface area contributed by atoms with E-state index < -0.39 is 0 Å². The molecule has 1 amide bonds. The maximum atomic E-state index is 12.8. The van der Waals surface area contributed by atoms with Crippen molar-refractivity contribution in [1.82, 2.24) is 19.7 Å². The van der Waals surface area contributed by atoms with Crippen LogP contribution in [0.3, 0.4) is 0 Å². The van der Waals surface area contributed by atoms with E-state index in [4.69, 9.17) is 4.42 Å². The number of aryl methyl sites for hydroxylation is 2. The fourth-order valence-corrected chi connectivity index (χ4v) is 2.82. The van der Waals surface area contributed by atoms with Gasteiger partial charge in [0.25, 0.3) is 5.91 Å². The van der Waals surface area contributed by atoms with Crippen LogP contribution in [0.25, 0.3) is 11.5 Å². The summed E-state index contributed by atoms with van der Waals surface area (Å²) in [7, 11) is 1.82. The second-order valence-electron chi connectivity index (χ2n) is 5.54. The lowest BCUT2D eigenvalue weighted by Gasteiger charge is -2.15. The Kier molecular flexibility index (Phi) is 3.00. The van der Waals surface area contributed by atoms with Crippen LogP contribution in [0.1, 0.15) is 21.8 Å². The number of fused-ring (bicyclic) bond motifs is 1. The van der Waals surface area contributed by atoms with Crippen molar-refractivity contribution in [3.05, 3.63) is 47.9 Å². The largest absolute Gasteiger partial charge is 0.440 e. The van der Waals surface area contributed by atoms with Gasteiger partial charge in [0.15, 0.2) is 5.69 Å². The number of hydrogen-bond acceptors (Lipinski definition) is 5. The summed E-state index contributed by atoms with van der Waals surface area (Å²) in [5.41, 5.74) is 3.07. The van der Waals surface area contributed by atoms with Gasteiger partial charge in [-0.25, -0.2) is 4.98 Å². The van der Waals surface area contributed by atoms with Crippen LogP contribution in [0.15, 0.2) is 35.3 Å². The van der Waals surface area contributed by atoms with Crippen molar-refractivity contribution >= 4 is 11.6 Å². The van der Waals surface area contributed by atoms with Crippen LogP contribution in [-0.4, -0.2) is 32.2 Å². The zero-order valence-corrected chi connectivity index (χ0v) is 12.9. The van der Waals surface area contributed by atoms with E-state index in [0.717, 1.165) is 23.2 Å². The molecule has 7 heteroatoms. The Balaban J connectivity index is 1.69. The zero-order chi connectivity index (χ0) is 16.0. The standard InChI is InChI=1S/C16H15N5O2/c1-10-14(19-15(23-10)12-8-18-20(2)9-12)16(22)21-6-4-11-7-17-5-3-13(11)21/h3,5,7-9H,4,6H2,1-2H3. The van der Waals surface area contributed by atoms with Crippen molar-refractivity contribution in [2.24, 2.45) is 7.05 Å². The van der Waals surface area contributed by atoms with Gasteiger partial charge in [-0.05, 0) is 25.0 Å². The highest BCUT2D eigenvalue weighted by Crippen LogP contribution is 2.29. The van der Waals surface area contributed by atoms with E-state index in [1.165, 1.54) is 0 Å². The monoisotopic (exact) mass is 309 g/mol. The third-order valence-electron chi connectivity index (χ3n) is 3.97. The van der Waals surface area contributed by atoms with Crippen LogP contribution in [0.5, 0.6) is 0 Å². The molecule has 0 aromatic carbocycles. The number of nitrogens with zero attached hydrogens (tertiary/aromatic N) is 5. The maximum absolute atomic E-state index is 12.8. The molecule has 0 bridgehead atoms. The quantitative estimate of drug-likeness (QED) is 0.723. The molecule has 1 aliphatic heterocycles. The van der Waals surface area contributed by atoms with Crippen molar-refractivity contribution < 1.29 is 9.21 Å². The Morgan fingerprint density at radius 2 is 2.22 bits per heavy atom. The Hall–Kier alpha value is -2.96. The highest BCUT2D eigenvalue weighted by molar-refractivity contribution is 6.06. The molecule has 0 aliphatic carbocycles. The summed E-state index contributed by atoms with van der Waals surface area (Å²) in [6.45, 7) is 2.39. The molecule has 0 fully saturated rings. The SMILES string of the molecule is Cc1oc(-c2cnn(C)c2)nc1C(=O)N1CCc2cnccc21. The van der Waals surface area contributed by atoms with Crippen LogP contribution < -0.4 is 4.90 Å². The summed E-state index contributed by atoms with van der Waals surface area (Å²) in [5.74, 6) is 0.774. The molecule has 0 unspecified atom stereocenters. The lowest BCUT2D eigenvalue weighted by atomic mass is 10.2. The molecule has 0 radical (unpaired) electrons. The maximum Gasteiger partial charge on any atom is 0.280 e. The topological polar surface area (TPSA) is 77.0 Å². The molecule has 0 N–H and O–H groups in total. The number of hydrogen-bond donors (Lipinski definition) is 0. The number of rotatable bonds is 2. The molecule has 3 aromatic heterocycles. The summed E-state index contributed by atoms with van der Waals surface area (Å²) in [6.07, 6.45) is 7.77. The molecule has 0 saturated heterocycles.